The van der Waals surface area contributed by atoms with Crippen LogP contribution in [0, 0.1) is 0 Å². The molecule has 0 fully saturated rings. The molecule has 2 aromatic rings. The fourth-order valence-corrected chi connectivity index (χ4v) is 3.88. The van der Waals surface area contributed by atoms with Crippen LogP contribution in [0.5, 0.6) is 0 Å². The number of imidazole rings is 1. The van der Waals surface area contributed by atoms with Gasteiger partial charge in [-0.25, -0.2) is 9.78 Å². The number of carboxylic acid groups (broad SMARTS) is 1. The first kappa shape index (κ1) is 16.8. The fourth-order valence-electron chi connectivity index (χ4n) is 3.88. The summed E-state index contributed by atoms with van der Waals surface area (Å²) in [5.41, 5.74) is 4.29. The molecule has 1 aromatic heterocycles. The topological polar surface area (TPSA) is 89.5 Å². The van der Waals surface area contributed by atoms with Crippen molar-refractivity contribution >= 4 is 11.9 Å². The van der Waals surface area contributed by atoms with E-state index in [0.29, 0.717) is 13.0 Å². The van der Waals surface area contributed by atoms with E-state index in [1.807, 2.05) is 0 Å². The van der Waals surface area contributed by atoms with Crippen LogP contribution in [-0.2, 0) is 35.6 Å². The summed E-state index contributed by atoms with van der Waals surface area (Å²) in [5, 5.41) is 9.48. The lowest BCUT2D eigenvalue weighted by molar-refractivity contribution is -0.151. The number of hydrogen-bond acceptors (Lipinski definition) is 4. The second-order valence-electron chi connectivity index (χ2n) is 6.99. The van der Waals surface area contributed by atoms with Crippen molar-refractivity contribution in [1.29, 1.82) is 0 Å². The van der Waals surface area contributed by atoms with Crippen molar-refractivity contribution in [1.82, 2.24) is 19.8 Å². The van der Waals surface area contributed by atoms with E-state index in [9.17, 15) is 14.7 Å². The van der Waals surface area contributed by atoms with Crippen molar-refractivity contribution in [2.24, 2.45) is 0 Å². The molecule has 0 saturated carbocycles. The molecule has 3 heterocycles. The number of benzene rings is 1. The molecule has 4 rings (SSSR count). The van der Waals surface area contributed by atoms with E-state index in [0.717, 1.165) is 37.4 Å². The van der Waals surface area contributed by atoms with E-state index in [-0.39, 0.29) is 12.3 Å². The van der Waals surface area contributed by atoms with Crippen LogP contribution >= 0.6 is 0 Å². The van der Waals surface area contributed by atoms with Gasteiger partial charge in [-0.15, -0.1) is 0 Å². The molecule has 2 aliphatic heterocycles. The Hall–Kier alpha value is -2.67. The normalized spacial score (nSPS) is 19.2. The summed E-state index contributed by atoms with van der Waals surface area (Å²) >= 11 is 0. The van der Waals surface area contributed by atoms with Crippen molar-refractivity contribution < 1.29 is 14.7 Å². The number of carbonyl (C=O) groups is 2. The van der Waals surface area contributed by atoms with Gasteiger partial charge in [0.15, 0.2) is 0 Å². The highest BCUT2D eigenvalue weighted by Gasteiger charge is 2.35. The van der Waals surface area contributed by atoms with Gasteiger partial charge in [-0.1, -0.05) is 24.3 Å². The molecule has 1 amide bonds. The van der Waals surface area contributed by atoms with Gasteiger partial charge in [0.05, 0.1) is 24.3 Å². The number of carbonyl (C=O) groups excluding carboxylic acids is 1. The highest BCUT2D eigenvalue weighted by atomic mass is 16.4. The van der Waals surface area contributed by atoms with Crippen molar-refractivity contribution in [3.05, 3.63) is 53.1 Å². The third-order valence-corrected chi connectivity index (χ3v) is 5.28. The molecule has 0 aliphatic carbocycles. The van der Waals surface area contributed by atoms with Gasteiger partial charge in [0.25, 0.3) is 0 Å². The maximum absolute atomic E-state index is 12.6. The van der Waals surface area contributed by atoms with Gasteiger partial charge in [-0.3, -0.25) is 9.69 Å². The molecule has 1 aromatic carbocycles. The van der Waals surface area contributed by atoms with Crippen LogP contribution in [0.2, 0.25) is 0 Å². The molecular formula is C19H22N4O3. The number of aromatic amines is 1. The molecule has 7 heteroatoms. The average molecular weight is 354 g/mol. The largest absolute Gasteiger partial charge is 0.480 e. The Balaban J connectivity index is 1.32. The first-order chi connectivity index (χ1) is 12.6. The summed E-state index contributed by atoms with van der Waals surface area (Å²) in [7, 11) is 0. The number of aromatic nitrogens is 2. The Morgan fingerprint density at radius 2 is 1.92 bits per heavy atom. The van der Waals surface area contributed by atoms with Crippen LogP contribution in [0.25, 0.3) is 0 Å². The van der Waals surface area contributed by atoms with Gasteiger partial charge < -0.3 is 15.0 Å². The smallest absolute Gasteiger partial charge is 0.326 e. The molecule has 0 spiro atoms. The molecule has 2 N–H and O–H groups in total. The number of H-pyrrole nitrogens is 1. The van der Waals surface area contributed by atoms with E-state index in [2.05, 4.69) is 39.1 Å². The summed E-state index contributed by atoms with van der Waals surface area (Å²) in [6.07, 6.45) is 2.91. The van der Waals surface area contributed by atoms with E-state index in [1.54, 1.807) is 6.33 Å². The van der Waals surface area contributed by atoms with Crippen molar-refractivity contribution in [3.63, 3.8) is 0 Å². The quantitative estimate of drug-likeness (QED) is 0.850. The van der Waals surface area contributed by atoms with Crippen LogP contribution in [0.3, 0.4) is 0 Å². The molecular weight excluding hydrogens is 332 g/mol. The SMILES string of the molecule is O=C(O)[C@H]1Cc2nc[nH]c2CN1C(=O)CCCN1Cc2ccccc2C1. The molecule has 0 radical (unpaired) electrons. The lowest BCUT2D eigenvalue weighted by Crippen LogP contribution is -2.48. The number of rotatable bonds is 5. The minimum Gasteiger partial charge on any atom is -0.480 e. The second-order valence-corrected chi connectivity index (χ2v) is 6.99. The van der Waals surface area contributed by atoms with Crippen LogP contribution < -0.4 is 0 Å². The Morgan fingerprint density at radius 1 is 1.19 bits per heavy atom. The molecule has 0 bridgehead atoms. The number of aliphatic carboxylic acids is 1. The standard InChI is InChI=1S/C19H22N4O3/c24-18(6-3-7-22-9-13-4-1-2-5-14(13)10-22)23-11-16-15(20-12-21-16)8-17(23)19(25)26/h1-2,4-5,12,17H,3,6-11H2,(H,20,21)(H,25,26)/t17-/m1/s1. The maximum Gasteiger partial charge on any atom is 0.326 e. The number of hydrogen-bond donors (Lipinski definition) is 2. The van der Waals surface area contributed by atoms with E-state index >= 15 is 0 Å². The summed E-state index contributed by atoms with van der Waals surface area (Å²) in [6, 6.07) is 7.58. The maximum atomic E-state index is 12.6. The highest BCUT2D eigenvalue weighted by Crippen LogP contribution is 2.24. The number of nitrogens with zero attached hydrogens (tertiary/aromatic N) is 3. The molecule has 0 unspecified atom stereocenters. The summed E-state index contributed by atoms with van der Waals surface area (Å²) in [4.78, 5) is 35.2. The van der Waals surface area contributed by atoms with Crippen molar-refractivity contribution in [2.45, 2.75) is 44.9 Å². The average Bonchev–Trinajstić information content (AvgIpc) is 3.25. The van der Waals surface area contributed by atoms with Gasteiger partial charge in [-0.05, 0) is 24.1 Å². The third-order valence-electron chi connectivity index (χ3n) is 5.28. The molecule has 0 saturated heterocycles. The number of nitrogens with one attached hydrogen (secondary N) is 1. The Morgan fingerprint density at radius 3 is 2.62 bits per heavy atom. The second kappa shape index (κ2) is 6.92. The predicted octanol–water partition coefficient (Wildman–Crippen LogP) is 1.54. The zero-order valence-electron chi connectivity index (χ0n) is 14.5. The Kier molecular flexibility index (Phi) is 4.46. The van der Waals surface area contributed by atoms with Crippen LogP contribution in [0.15, 0.2) is 30.6 Å². The molecule has 2 aliphatic rings. The Bertz CT molecular complexity index is 807. The lowest BCUT2D eigenvalue weighted by Gasteiger charge is -2.32. The molecule has 1 atom stereocenters. The van der Waals surface area contributed by atoms with E-state index < -0.39 is 12.0 Å². The van der Waals surface area contributed by atoms with Gasteiger partial charge in [0, 0.05) is 25.9 Å². The lowest BCUT2D eigenvalue weighted by atomic mass is 10.0. The summed E-state index contributed by atoms with van der Waals surface area (Å²) < 4.78 is 0. The number of fused-ring (bicyclic) bond motifs is 2. The minimum atomic E-state index is -0.970. The minimum absolute atomic E-state index is 0.102. The number of carboxylic acids is 1. The summed E-state index contributed by atoms with van der Waals surface area (Å²) in [6.45, 7) is 2.97. The fraction of sp³-hybridized carbons (Fsp3) is 0.421. The molecule has 26 heavy (non-hydrogen) atoms. The van der Waals surface area contributed by atoms with E-state index in [1.165, 1.54) is 16.0 Å². The van der Waals surface area contributed by atoms with Gasteiger partial charge in [0.2, 0.25) is 5.91 Å². The Labute approximate surface area is 151 Å². The van der Waals surface area contributed by atoms with Crippen LogP contribution in [0.4, 0.5) is 0 Å². The summed E-state index contributed by atoms with van der Waals surface area (Å²) in [5.74, 6) is -1.07. The predicted molar refractivity (Wildman–Crippen MR) is 94.1 cm³/mol. The van der Waals surface area contributed by atoms with Crippen molar-refractivity contribution in [2.75, 3.05) is 6.54 Å². The molecule has 136 valence electrons. The molecule has 7 nitrogen and oxygen atoms in total. The van der Waals surface area contributed by atoms with Gasteiger partial charge >= 0.3 is 5.97 Å². The zero-order valence-corrected chi connectivity index (χ0v) is 14.5. The third kappa shape index (κ3) is 3.22. The van der Waals surface area contributed by atoms with Gasteiger partial charge in [0.1, 0.15) is 6.04 Å². The van der Waals surface area contributed by atoms with E-state index in [4.69, 9.17) is 0 Å². The van der Waals surface area contributed by atoms with Crippen molar-refractivity contribution in [3.8, 4) is 0 Å². The van der Waals surface area contributed by atoms with Crippen LogP contribution in [0.1, 0.15) is 35.4 Å². The first-order valence-electron chi connectivity index (χ1n) is 8.94. The highest BCUT2D eigenvalue weighted by molar-refractivity contribution is 5.84. The first-order valence-corrected chi connectivity index (χ1v) is 8.94. The zero-order chi connectivity index (χ0) is 18.1. The van der Waals surface area contributed by atoms with Crippen LogP contribution in [-0.4, -0.2) is 49.3 Å². The van der Waals surface area contributed by atoms with Gasteiger partial charge in [-0.2, -0.15) is 0 Å². The monoisotopic (exact) mass is 354 g/mol. The number of amides is 1.